The lowest BCUT2D eigenvalue weighted by atomic mass is 9.88. The van der Waals surface area contributed by atoms with E-state index in [1.165, 1.54) is 0 Å². The number of aryl methyl sites for hydroxylation is 1. The molecule has 0 bridgehead atoms. The highest BCUT2D eigenvalue weighted by atomic mass is 16.5. The van der Waals surface area contributed by atoms with Crippen molar-refractivity contribution in [3.63, 3.8) is 0 Å². The van der Waals surface area contributed by atoms with E-state index in [2.05, 4.69) is 5.16 Å². The lowest BCUT2D eigenvalue weighted by molar-refractivity contribution is 0.0647. The second-order valence-corrected chi connectivity index (χ2v) is 7.32. The van der Waals surface area contributed by atoms with Crippen LogP contribution in [0.2, 0.25) is 0 Å². The Hall–Kier alpha value is -2.63. The van der Waals surface area contributed by atoms with E-state index < -0.39 is 0 Å². The average Bonchev–Trinajstić information content (AvgIpc) is 3.09. The Morgan fingerprint density at radius 2 is 1.81 bits per heavy atom. The first kappa shape index (κ1) is 19.1. The van der Waals surface area contributed by atoms with Crippen molar-refractivity contribution >= 4 is 11.7 Å². The third-order valence-electron chi connectivity index (χ3n) is 5.15. The summed E-state index contributed by atoms with van der Waals surface area (Å²) in [7, 11) is 1.60. The van der Waals surface area contributed by atoms with Gasteiger partial charge in [-0.15, -0.1) is 0 Å². The fourth-order valence-corrected chi connectivity index (χ4v) is 3.54. The second kappa shape index (κ2) is 7.94. The maximum absolute atomic E-state index is 13.0. The first-order valence-corrected chi connectivity index (χ1v) is 9.36. The number of ketones is 1. The molecule has 0 atom stereocenters. The summed E-state index contributed by atoms with van der Waals surface area (Å²) in [5.74, 6) is 1.49. The summed E-state index contributed by atoms with van der Waals surface area (Å²) in [5.41, 5.74) is 1.89. The summed E-state index contributed by atoms with van der Waals surface area (Å²) in [6.07, 6.45) is 1.33. The Kier molecular flexibility index (Phi) is 5.63. The fourth-order valence-electron chi connectivity index (χ4n) is 3.54. The number of benzene rings is 1. The van der Waals surface area contributed by atoms with Crippen molar-refractivity contribution in [2.75, 3.05) is 20.2 Å². The first-order valence-electron chi connectivity index (χ1n) is 9.36. The average molecular weight is 370 g/mol. The largest absolute Gasteiger partial charge is 0.497 e. The van der Waals surface area contributed by atoms with Gasteiger partial charge in [0.05, 0.1) is 12.8 Å². The molecule has 2 heterocycles. The molecule has 0 unspecified atom stereocenters. The summed E-state index contributed by atoms with van der Waals surface area (Å²) >= 11 is 0. The number of hydrogen-bond acceptors (Lipinski definition) is 5. The number of likely N-dealkylation sites (tertiary alicyclic amines) is 1. The molecule has 1 aliphatic rings. The summed E-state index contributed by atoms with van der Waals surface area (Å²) in [5, 5.41) is 3.96. The molecule has 0 aliphatic carbocycles. The predicted octanol–water partition coefficient (Wildman–Crippen LogP) is 3.85. The van der Waals surface area contributed by atoms with Crippen molar-refractivity contribution in [2.24, 2.45) is 5.92 Å². The second-order valence-electron chi connectivity index (χ2n) is 7.32. The number of piperidine rings is 1. The molecule has 3 rings (SSSR count). The Bertz CT molecular complexity index is 815. The van der Waals surface area contributed by atoms with Gasteiger partial charge in [-0.25, -0.2) is 0 Å². The van der Waals surface area contributed by atoms with Crippen LogP contribution in [-0.2, 0) is 0 Å². The highest BCUT2D eigenvalue weighted by Gasteiger charge is 2.32. The van der Waals surface area contributed by atoms with E-state index in [0.29, 0.717) is 48.5 Å². The van der Waals surface area contributed by atoms with Crippen LogP contribution in [0.1, 0.15) is 64.8 Å². The first-order chi connectivity index (χ1) is 12.9. The number of hydrogen-bond donors (Lipinski definition) is 0. The van der Waals surface area contributed by atoms with E-state index >= 15 is 0 Å². The lowest BCUT2D eigenvalue weighted by Gasteiger charge is -2.31. The number of ether oxygens (including phenoxy) is 1. The maximum Gasteiger partial charge on any atom is 0.259 e. The Balaban J connectivity index is 1.65. The number of nitrogens with zero attached hydrogens (tertiary/aromatic N) is 2. The number of Topliss-reactive ketones (excluding diaryl/α,β-unsaturated/α-hetero) is 1. The summed E-state index contributed by atoms with van der Waals surface area (Å²) < 4.78 is 10.5. The monoisotopic (exact) mass is 370 g/mol. The van der Waals surface area contributed by atoms with Crippen LogP contribution < -0.4 is 4.74 Å². The van der Waals surface area contributed by atoms with Crippen LogP contribution in [0.4, 0.5) is 0 Å². The van der Waals surface area contributed by atoms with Gasteiger partial charge in [-0.05, 0) is 44.0 Å². The molecule has 1 amide bonds. The zero-order chi connectivity index (χ0) is 19.6. The van der Waals surface area contributed by atoms with Crippen LogP contribution in [0.5, 0.6) is 5.75 Å². The topological polar surface area (TPSA) is 72.6 Å². The molecule has 144 valence electrons. The summed E-state index contributed by atoms with van der Waals surface area (Å²) in [6, 6.07) is 7.20. The number of carbonyl (C=O) groups excluding carboxylic acids is 2. The van der Waals surface area contributed by atoms with Crippen molar-refractivity contribution in [2.45, 2.75) is 39.5 Å². The number of carbonyl (C=O) groups is 2. The van der Waals surface area contributed by atoms with Gasteiger partial charge >= 0.3 is 0 Å². The van der Waals surface area contributed by atoms with Crippen LogP contribution >= 0.6 is 0 Å². The van der Waals surface area contributed by atoms with Gasteiger partial charge in [0.2, 0.25) is 0 Å². The minimum atomic E-state index is -0.0596. The fraction of sp³-hybridized carbons (Fsp3) is 0.476. The third kappa shape index (κ3) is 3.89. The van der Waals surface area contributed by atoms with Crippen LogP contribution in [0.3, 0.4) is 0 Å². The van der Waals surface area contributed by atoms with Gasteiger partial charge in [0.1, 0.15) is 11.3 Å². The molecule has 1 fully saturated rings. The highest BCUT2D eigenvalue weighted by molar-refractivity contribution is 5.99. The molecule has 27 heavy (non-hydrogen) atoms. The van der Waals surface area contributed by atoms with E-state index in [1.54, 1.807) is 38.3 Å². The van der Waals surface area contributed by atoms with E-state index in [9.17, 15) is 9.59 Å². The van der Waals surface area contributed by atoms with E-state index in [1.807, 2.05) is 18.7 Å². The number of rotatable bonds is 5. The van der Waals surface area contributed by atoms with E-state index in [4.69, 9.17) is 9.26 Å². The molecule has 1 aliphatic heterocycles. The molecule has 6 nitrogen and oxygen atoms in total. The molecular formula is C21H26N2O4. The van der Waals surface area contributed by atoms with Gasteiger partial charge in [-0.1, -0.05) is 19.0 Å². The zero-order valence-corrected chi connectivity index (χ0v) is 16.3. The minimum absolute atomic E-state index is 0.0483. The van der Waals surface area contributed by atoms with Gasteiger partial charge in [0, 0.05) is 30.5 Å². The Morgan fingerprint density at radius 1 is 1.19 bits per heavy atom. The molecule has 0 N–H and O–H groups in total. The molecule has 2 aromatic rings. The highest BCUT2D eigenvalue weighted by Crippen LogP contribution is 2.27. The van der Waals surface area contributed by atoms with Gasteiger partial charge in [-0.2, -0.15) is 0 Å². The molecular weight excluding hydrogens is 344 g/mol. The zero-order valence-electron chi connectivity index (χ0n) is 16.3. The standard InChI is InChI=1S/C21H26N2O4/c1-13(2)20-18(14(3)22-27-20)21(25)23-11-9-16(10-12-23)19(24)15-5-7-17(26-4)8-6-15/h5-8,13,16H,9-12H2,1-4H3. The predicted molar refractivity (Wildman–Crippen MR) is 101 cm³/mol. The maximum atomic E-state index is 13.0. The number of methoxy groups -OCH3 is 1. The number of aromatic nitrogens is 1. The quantitative estimate of drug-likeness (QED) is 0.748. The van der Waals surface area contributed by atoms with Gasteiger partial charge in [0.25, 0.3) is 5.91 Å². The van der Waals surface area contributed by atoms with Crippen molar-refractivity contribution in [1.82, 2.24) is 10.1 Å². The lowest BCUT2D eigenvalue weighted by Crippen LogP contribution is -2.40. The molecule has 0 radical (unpaired) electrons. The molecule has 1 aromatic heterocycles. The van der Waals surface area contributed by atoms with Crippen molar-refractivity contribution in [1.29, 1.82) is 0 Å². The molecule has 0 saturated carbocycles. The van der Waals surface area contributed by atoms with Crippen LogP contribution in [-0.4, -0.2) is 41.9 Å². The van der Waals surface area contributed by atoms with Crippen LogP contribution in [0.25, 0.3) is 0 Å². The molecule has 6 heteroatoms. The molecule has 0 spiro atoms. The van der Waals surface area contributed by atoms with Crippen molar-refractivity contribution in [3.8, 4) is 5.75 Å². The molecule has 1 aromatic carbocycles. The normalized spacial score (nSPS) is 15.2. The van der Waals surface area contributed by atoms with E-state index in [-0.39, 0.29) is 23.5 Å². The third-order valence-corrected chi connectivity index (χ3v) is 5.15. The van der Waals surface area contributed by atoms with Gasteiger partial charge in [0.15, 0.2) is 11.5 Å². The molecule has 1 saturated heterocycles. The SMILES string of the molecule is COc1ccc(C(=O)C2CCN(C(=O)c3c(C)noc3C(C)C)CC2)cc1. The van der Waals surface area contributed by atoms with Gasteiger partial charge in [-0.3, -0.25) is 9.59 Å². The van der Waals surface area contributed by atoms with Crippen LogP contribution in [0, 0.1) is 12.8 Å². The Morgan fingerprint density at radius 3 is 2.37 bits per heavy atom. The Labute approximate surface area is 159 Å². The minimum Gasteiger partial charge on any atom is -0.497 e. The van der Waals surface area contributed by atoms with Crippen LogP contribution in [0.15, 0.2) is 28.8 Å². The van der Waals surface area contributed by atoms with Gasteiger partial charge < -0.3 is 14.2 Å². The smallest absolute Gasteiger partial charge is 0.259 e. The van der Waals surface area contributed by atoms with Crippen molar-refractivity contribution < 1.29 is 18.8 Å². The number of amides is 1. The summed E-state index contributed by atoms with van der Waals surface area (Å²) in [6.45, 7) is 6.89. The van der Waals surface area contributed by atoms with E-state index in [0.717, 1.165) is 5.75 Å². The summed E-state index contributed by atoms with van der Waals surface area (Å²) in [4.78, 5) is 27.5. The van der Waals surface area contributed by atoms with Crippen molar-refractivity contribution in [3.05, 3.63) is 46.8 Å².